The Hall–Kier alpha value is -0.820. The molecule has 19 heavy (non-hydrogen) atoms. The number of hydrogen-bond donors (Lipinski definition) is 0. The second kappa shape index (κ2) is 11.0. The number of ether oxygens (including phenoxy) is 1. The molecule has 1 nitrogen and oxygen atoms in total. The molecule has 0 aliphatic carbocycles. The van der Waals surface area contributed by atoms with E-state index in [0.717, 1.165) is 6.61 Å². The van der Waals surface area contributed by atoms with Crippen LogP contribution in [0.25, 0.3) is 0 Å². The van der Waals surface area contributed by atoms with Crippen molar-refractivity contribution in [3.05, 3.63) is 35.9 Å². The average molecular weight is 262 g/mol. The van der Waals surface area contributed by atoms with E-state index >= 15 is 0 Å². The highest BCUT2D eigenvalue weighted by atomic mass is 16.5. The molecule has 0 aliphatic heterocycles. The third kappa shape index (κ3) is 7.37. The first-order valence-electron chi connectivity index (χ1n) is 7.92. The van der Waals surface area contributed by atoms with Crippen molar-refractivity contribution in [3.63, 3.8) is 0 Å². The van der Waals surface area contributed by atoms with Crippen LogP contribution in [0.5, 0.6) is 0 Å². The van der Waals surface area contributed by atoms with E-state index in [9.17, 15) is 0 Å². The molecular formula is C18H30O. The topological polar surface area (TPSA) is 9.23 Å². The van der Waals surface area contributed by atoms with Crippen LogP contribution in [-0.2, 0) is 4.74 Å². The average Bonchev–Trinajstić information content (AvgIpc) is 2.46. The van der Waals surface area contributed by atoms with Gasteiger partial charge in [-0.1, -0.05) is 82.2 Å². The lowest BCUT2D eigenvalue weighted by molar-refractivity contribution is 0.174. The van der Waals surface area contributed by atoms with E-state index in [1.54, 1.807) is 7.11 Å². The van der Waals surface area contributed by atoms with E-state index in [-0.39, 0.29) is 0 Å². The van der Waals surface area contributed by atoms with Gasteiger partial charge in [0.05, 0.1) is 6.61 Å². The van der Waals surface area contributed by atoms with Crippen LogP contribution in [0.1, 0.15) is 69.8 Å². The first-order chi connectivity index (χ1) is 9.38. The Morgan fingerprint density at radius 3 is 2.16 bits per heavy atom. The molecule has 0 saturated heterocycles. The predicted octanol–water partition coefficient (Wildman–Crippen LogP) is 5.56. The Morgan fingerprint density at radius 1 is 0.895 bits per heavy atom. The van der Waals surface area contributed by atoms with E-state index in [2.05, 4.69) is 37.3 Å². The number of benzene rings is 1. The summed E-state index contributed by atoms with van der Waals surface area (Å²) in [5, 5.41) is 0. The molecule has 0 fully saturated rings. The molecule has 1 heteroatoms. The van der Waals surface area contributed by atoms with Crippen molar-refractivity contribution in [2.75, 3.05) is 13.7 Å². The molecule has 0 heterocycles. The molecule has 108 valence electrons. The lowest BCUT2D eigenvalue weighted by atomic mass is 9.93. The maximum Gasteiger partial charge on any atom is 0.0530 e. The van der Waals surface area contributed by atoms with Gasteiger partial charge >= 0.3 is 0 Å². The highest BCUT2D eigenvalue weighted by Crippen LogP contribution is 2.23. The van der Waals surface area contributed by atoms with Crippen molar-refractivity contribution in [2.24, 2.45) is 0 Å². The summed E-state index contributed by atoms with van der Waals surface area (Å²) in [7, 11) is 1.81. The van der Waals surface area contributed by atoms with Gasteiger partial charge in [0.1, 0.15) is 0 Å². The largest absolute Gasteiger partial charge is 0.384 e. The summed E-state index contributed by atoms with van der Waals surface area (Å²) in [6.07, 6.45) is 10.9. The van der Waals surface area contributed by atoms with Crippen molar-refractivity contribution < 1.29 is 4.74 Å². The van der Waals surface area contributed by atoms with Crippen LogP contribution in [0.4, 0.5) is 0 Å². The Labute approximate surface area is 119 Å². The molecule has 1 atom stereocenters. The smallest absolute Gasteiger partial charge is 0.0530 e. The fraction of sp³-hybridized carbons (Fsp3) is 0.667. The van der Waals surface area contributed by atoms with Crippen molar-refractivity contribution >= 4 is 0 Å². The summed E-state index contributed by atoms with van der Waals surface area (Å²) in [5.74, 6) is 0.571. The fourth-order valence-corrected chi connectivity index (χ4v) is 2.62. The first-order valence-corrected chi connectivity index (χ1v) is 7.92. The first kappa shape index (κ1) is 16.2. The second-order valence-electron chi connectivity index (χ2n) is 5.47. The molecule has 0 radical (unpaired) electrons. The zero-order valence-electron chi connectivity index (χ0n) is 12.7. The van der Waals surface area contributed by atoms with Crippen LogP contribution in [0.15, 0.2) is 30.3 Å². The van der Waals surface area contributed by atoms with Crippen molar-refractivity contribution in [1.82, 2.24) is 0 Å². The van der Waals surface area contributed by atoms with Gasteiger partial charge in [0, 0.05) is 13.0 Å². The van der Waals surface area contributed by atoms with Gasteiger partial charge in [-0.15, -0.1) is 0 Å². The molecule has 1 unspecified atom stereocenters. The van der Waals surface area contributed by atoms with Crippen LogP contribution < -0.4 is 0 Å². The van der Waals surface area contributed by atoms with Crippen molar-refractivity contribution in [1.29, 1.82) is 0 Å². The number of unbranched alkanes of at least 4 members (excludes halogenated alkanes) is 6. The SMILES string of the molecule is CCCCCCCCCC(COC)c1ccccc1. The number of rotatable bonds is 11. The molecule has 1 rings (SSSR count). The van der Waals surface area contributed by atoms with Gasteiger partial charge in [0.2, 0.25) is 0 Å². The van der Waals surface area contributed by atoms with Gasteiger partial charge in [-0.05, 0) is 12.0 Å². The summed E-state index contributed by atoms with van der Waals surface area (Å²) in [6.45, 7) is 3.12. The Morgan fingerprint density at radius 2 is 1.53 bits per heavy atom. The number of methoxy groups -OCH3 is 1. The Bertz CT molecular complexity index is 294. The zero-order chi connectivity index (χ0) is 13.8. The monoisotopic (exact) mass is 262 g/mol. The highest BCUT2D eigenvalue weighted by molar-refractivity contribution is 5.19. The quantitative estimate of drug-likeness (QED) is 0.475. The third-order valence-electron chi connectivity index (χ3n) is 3.79. The zero-order valence-corrected chi connectivity index (χ0v) is 12.7. The highest BCUT2D eigenvalue weighted by Gasteiger charge is 2.10. The fourth-order valence-electron chi connectivity index (χ4n) is 2.62. The second-order valence-corrected chi connectivity index (χ2v) is 5.47. The molecular weight excluding hydrogens is 232 g/mol. The van der Waals surface area contributed by atoms with Crippen LogP contribution in [-0.4, -0.2) is 13.7 Å². The summed E-state index contributed by atoms with van der Waals surface area (Å²) in [4.78, 5) is 0. The van der Waals surface area contributed by atoms with E-state index in [1.807, 2.05) is 0 Å². The molecule has 1 aromatic rings. The van der Waals surface area contributed by atoms with Crippen molar-refractivity contribution in [2.45, 2.75) is 64.2 Å². The standard InChI is InChI=1S/C18H30O/c1-3-4-5-6-7-8-10-15-18(16-19-2)17-13-11-9-12-14-17/h9,11-14,18H,3-8,10,15-16H2,1-2H3. The maximum atomic E-state index is 5.37. The summed E-state index contributed by atoms with van der Waals surface area (Å²) in [5.41, 5.74) is 1.43. The molecule has 0 aliphatic rings. The molecule has 0 saturated carbocycles. The molecule has 0 N–H and O–H groups in total. The van der Waals surface area contributed by atoms with Gasteiger partial charge in [-0.25, -0.2) is 0 Å². The van der Waals surface area contributed by atoms with Crippen molar-refractivity contribution in [3.8, 4) is 0 Å². The third-order valence-corrected chi connectivity index (χ3v) is 3.79. The summed E-state index contributed by atoms with van der Waals surface area (Å²) >= 11 is 0. The van der Waals surface area contributed by atoms with E-state index in [1.165, 1.54) is 56.9 Å². The Kier molecular flexibility index (Phi) is 9.44. The maximum absolute atomic E-state index is 5.37. The van der Waals surface area contributed by atoms with Crippen LogP contribution >= 0.6 is 0 Å². The lowest BCUT2D eigenvalue weighted by Crippen LogP contribution is -2.06. The van der Waals surface area contributed by atoms with E-state index < -0.39 is 0 Å². The normalized spacial score (nSPS) is 12.5. The molecule has 0 bridgehead atoms. The molecule has 1 aromatic carbocycles. The number of hydrogen-bond acceptors (Lipinski definition) is 1. The minimum Gasteiger partial charge on any atom is -0.384 e. The predicted molar refractivity (Wildman–Crippen MR) is 83.7 cm³/mol. The minimum absolute atomic E-state index is 0.571. The van der Waals surface area contributed by atoms with Crippen LogP contribution in [0.2, 0.25) is 0 Å². The van der Waals surface area contributed by atoms with E-state index in [4.69, 9.17) is 4.74 Å². The molecule has 0 amide bonds. The lowest BCUT2D eigenvalue weighted by Gasteiger charge is -2.16. The summed E-state index contributed by atoms with van der Waals surface area (Å²) < 4.78 is 5.37. The molecule has 0 spiro atoms. The van der Waals surface area contributed by atoms with Gasteiger partial charge in [-0.3, -0.25) is 0 Å². The minimum atomic E-state index is 0.571. The summed E-state index contributed by atoms with van der Waals surface area (Å²) in [6, 6.07) is 10.8. The van der Waals surface area contributed by atoms with Gasteiger partial charge in [-0.2, -0.15) is 0 Å². The van der Waals surface area contributed by atoms with Crippen LogP contribution in [0, 0.1) is 0 Å². The molecule has 0 aromatic heterocycles. The van der Waals surface area contributed by atoms with Gasteiger partial charge < -0.3 is 4.74 Å². The van der Waals surface area contributed by atoms with Gasteiger partial charge in [0.25, 0.3) is 0 Å². The van der Waals surface area contributed by atoms with Gasteiger partial charge in [0.15, 0.2) is 0 Å². The van der Waals surface area contributed by atoms with Crippen LogP contribution in [0.3, 0.4) is 0 Å². The Balaban J connectivity index is 2.20. The van der Waals surface area contributed by atoms with E-state index in [0.29, 0.717) is 5.92 Å².